The van der Waals surface area contributed by atoms with E-state index in [2.05, 4.69) is 12.1 Å². The molecule has 0 bridgehead atoms. The molecule has 0 heterocycles. The SMILES string of the molecule is Cc1ccc2c3c1C(=O)CC3CC2. The Morgan fingerprint density at radius 3 is 3.08 bits per heavy atom. The Morgan fingerprint density at radius 2 is 2.23 bits per heavy atom. The number of carbonyl (C=O) groups excluding carboxylic acids is 1. The van der Waals surface area contributed by atoms with Crippen molar-refractivity contribution in [1.29, 1.82) is 0 Å². The van der Waals surface area contributed by atoms with Crippen molar-refractivity contribution >= 4 is 5.78 Å². The van der Waals surface area contributed by atoms with Gasteiger partial charge in [-0.05, 0) is 42.4 Å². The highest BCUT2D eigenvalue weighted by atomic mass is 16.1. The van der Waals surface area contributed by atoms with Crippen LogP contribution in [-0.4, -0.2) is 5.78 Å². The van der Waals surface area contributed by atoms with E-state index in [9.17, 15) is 4.79 Å². The van der Waals surface area contributed by atoms with E-state index in [1.807, 2.05) is 6.92 Å². The molecular weight excluding hydrogens is 160 g/mol. The summed E-state index contributed by atoms with van der Waals surface area (Å²) in [7, 11) is 0. The number of carbonyl (C=O) groups is 1. The van der Waals surface area contributed by atoms with Gasteiger partial charge in [-0.3, -0.25) is 4.79 Å². The predicted octanol–water partition coefficient (Wildman–Crippen LogP) is 2.61. The number of Topliss-reactive ketones (excluding diaryl/α,β-unsaturated/α-hetero) is 1. The number of benzene rings is 1. The van der Waals surface area contributed by atoms with Gasteiger partial charge in [-0.25, -0.2) is 0 Å². The second kappa shape index (κ2) is 2.22. The van der Waals surface area contributed by atoms with Crippen LogP contribution in [0, 0.1) is 6.92 Å². The number of rotatable bonds is 0. The monoisotopic (exact) mass is 172 g/mol. The molecule has 2 aliphatic carbocycles. The van der Waals surface area contributed by atoms with Crippen LogP contribution < -0.4 is 0 Å². The molecule has 0 radical (unpaired) electrons. The first-order chi connectivity index (χ1) is 6.27. The Labute approximate surface area is 77.8 Å². The topological polar surface area (TPSA) is 17.1 Å². The smallest absolute Gasteiger partial charge is 0.164 e. The van der Waals surface area contributed by atoms with Gasteiger partial charge in [-0.15, -0.1) is 0 Å². The molecule has 2 aliphatic rings. The fraction of sp³-hybridized carbons (Fsp3) is 0.417. The molecule has 0 saturated heterocycles. The van der Waals surface area contributed by atoms with Crippen LogP contribution in [0.2, 0.25) is 0 Å². The van der Waals surface area contributed by atoms with Crippen molar-refractivity contribution in [2.24, 2.45) is 0 Å². The maximum atomic E-state index is 11.7. The van der Waals surface area contributed by atoms with E-state index in [0.717, 1.165) is 12.0 Å². The van der Waals surface area contributed by atoms with Gasteiger partial charge >= 0.3 is 0 Å². The predicted molar refractivity (Wildman–Crippen MR) is 51.2 cm³/mol. The van der Waals surface area contributed by atoms with Crippen molar-refractivity contribution in [1.82, 2.24) is 0 Å². The summed E-state index contributed by atoms with van der Waals surface area (Å²) in [5, 5.41) is 0. The lowest BCUT2D eigenvalue weighted by atomic mass is 10.00. The molecule has 0 aliphatic heterocycles. The van der Waals surface area contributed by atoms with Gasteiger partial charge in [0.25, 0.3) is 0 Å². The molecule has 0 aromatic heterocycles. The molecule has 3 rings (SSSR count). The van der Waals surface area contributed by atoms with Gasteiger partial charge in [0.05, 0.1) is 0 Å². The summed E-state index contributed by atoms with van der Waals surface area (Å²) in [4.78, 5) is 11.7. The zero-order chi connectivity index (χ0) is 9.00. The largest absolute Gasteiger partial charge is 0.294 e. The molecule has 13 heavy (non-hydrogen) atoms. The van der Waals surface area contributed by atoms with E-state index in [1.54, 1.807) is 0 Å². The van der Waals surface area contributed by atoms with Gasteiger partial charge in [0.2, 0.25) is 0 Å². The summed E-state index contributed by atoms with van der Waals surface area (Å²) in [6.45, 7) is 2.05. The molecule has 1 unspecified atom stereocenters. The van der Waals surface area contributed by atoms with Crippen molar-refractivity contribution in [3.63, 3.8) is 0 Å². The average Bonchev–Trinajstić information content (AvgIpc) is 2.61. The summed E-state index contributed by atoms with van der Waals surface area (Å²) in [6, 6.07) is 4.30. The van der Waals surface area contributed by atoms with Crippen molar-refractivity contribution in [2.45, 2.75) is 32.1 Å². The summed E-state index contributed by atoms with van der Waals surface area (Å²) in [5.74, 6) is 0.941. The van der Waals surface area contributed by atoms with Crippen molar-refractivity contribution in [2.75, 3.05) is 0 Å². The molecule has 0 amide bonds. The van der Waals surface area contributed by atoms with E-state index < -0.39 is 0 Å². The van der Waals surface area contributed by atoms with Crippen LogP contribution in [0.1, 0.15) is 45.8 Å². The van der Waals surface area contributed by atoms with Gasteiger partial charge in [0, 0.05) is 12.0 Å². The highest BCUT2D eigenvalue weighted by molar-refractivity contribution is 6.03. The Bertz CT molecular complexity index is 404. The third-order valence-electron chi connectivity index (χ3n) is 3.43. The quantitative estimate of drug-likeness (QED) is 0.588. The third kappa shape index (κ3) is 0.796. The van der Waals surface area contributed by atoms with E-state index >= 15 is 0 Å². The van der Waals surface area contributed by atoms with Crippen molar-refractivity contribution in [3.8, 4) is 0 Å². The van der Waals surface area contributed by atoms with Gasteiger partial charge < -0.3 is 0 Å². The van der Waals surface area contributed by atoms with Crippen LogP contribution in [0.15, 0.2) is 12.1 Å². The molecule has 1 heteroatoms. The van der Waals surface area contributed by atoms with Crippen LogP contribution >= 0.6 is 0 Å². The lowest BCUT2D eigenvalue weighted by molar-refractivity contribution is 0.0987. The maximum Gasteiger partial charge on any atom is 0.164 e. The molecule has 0 saturated carbocycles. The lowest BCUT2D eigenvalue weighted by Gasteiger charge is -2.04. The lowest BCUT2D eigenvalue weighted by Crippen LogP contribution is -1.97. The van der Waals surface area contributed by atoms with Crippen molar-refractivity contribution in [3.05, 3.63) is 34.4 Å². The van der Waals surface area contributed by atoms with Gasteiger partial charge in [-0.1, -0.05) is 12.1 Å². The molecule has 66 valence electrons. The van der Waals surface area contributed by atoms with Crippen LogP contribution in [0.4, 0.5) is 0 Å². The fourth-order valence-corrected chi connectivity index (χ4v) is 2.83. The maximum absolute atomic E-state index is 11.7. The highest BCUT2D eigenvalue weighted by Crippen LogP contribution is 2.44. The minimum atomic E-state index is 0.374. The first-order valence-corrected chi connectivity index (χ1v) is 4.93. The average molecular weight is 172 g/mol. The Hall–Kier alpha value is -1.11. The minimum absolute atomic E-state index is 0.374. The molecule has 1 nitrogen and oxygen atoms in total. The Balaban J connectivity index is 2.37. The molecule has 1 atom stereocenters. The Kier molecular flexibility index (Phi) is 1.25. The van der Waals surface area contributed by atoms with Crippen LogP contribution in [-0.2, 0) is 6.42 Å². The van der Waals surface area contributed by atoms with E-state index in [1.165, 1.54) is 29.5 Å². The standard InChI is InChI=1S/C12H12O/c1-7-2-3-8-4-5-9-6-10(13)11(7)12(8)9/h2-3,9H,4-6H2,1H3. The number of hydrogen-bond acceptors (Lipinski definition) is 1. The number of ketones is 1. The van der Waals surface area contributed by atoms with E-state index in [-0.39, 0.29) is 0 Å². The summed E-state index contributed by atoms with van der Waals surface area (Å²) >= 11 is 0. The molecule has 1 aromatic carbocycles. The summed E-state index contributed by atoms with van der Waals surface area (Å²) < 4.78 is 0. The van der Waals surface area contributed by atoms with Crippen molar-refractivity contribution < 1.29 is 4.79 Å². The number of aryl methyl sites for hydroxylation is 2. The molecule has 0 spiro atoms. The van der Waals surface area contributed by atoms with Crippen LogP contribution in [0.3, 0.4) is 0 Å². The van der Waals surface area contributed by atoms with E-state index in [4.69, 9.17) is 0 Å². The Morgan fingerprint density at radius 1 is 1.38 bits per heavy atom. The van der Waals surface area contributed by atoms with Crippen LogP contribution in [0.25, 0.3) is 0 Å². The number of hydrogen-bond donors (Lipinski definition) is 0. The van der Waals surface area contributed by atoms with Gasteiger partial charge in [-0.2, -0.15) is 0 Å². The summed E-state index contributed by atoms with van der Waals surface area (Å²) in [5.41, 5.74) is 5.05. The second-order valence-electron chi connectivity index (χ2n) is 4.19. The first-order valence-electron chi connectivity index (χ1n) is 4.93. The minimum Gasteiger partial charge on any atom is -0.294 e. The first kappa shape index (κ1) is 7.31. The third-order valence-corrected chi connectivity index (χ3v) is 3.43. The fourth-order valence-electron chi connectivity index (χ4n) is 2.83. The van der Waals surface area contributed by atoms with Gasteiger partial charge in [0.15, 0.2) is 5.78 Å². The molecule has 0 N–H and O–H groups in total. The molecular formula is C12H12O. The summed E-state index contributed by atoms with van der Waals surface area (Å²) in [6.07, 6.45) is 3.14. The zero-order valence-corrected chi connectivity index (χ0v) is 7.76. The van der Waals surface area contributed by atoms with Gasteiger partial charge in [0.1, 0.15) is 0 Å². The molecule has 1 aromatic rings. The van der Waals surface area contributed by atoms with E-state index in [0.29, 0.717) is 11.7 Å². The zero-order valence-electron chi connectivity index (χ0n) is 7.76. The highest BCUT2D eigenvalue weighted by Gasteiger charge is 2.35. The normalized spacial score (nSPS) is 23.8. The second-order valence-corrected chi connectivity index (χ2v) is 4.19. The van der Waals surface area contributed by atoms with Crippen LogP contribution in [0.5, 0.6) is 0 Å². The molecule has 0 fully saturated rings.